The van der Waals surface area contributed by atoms with Crippen molar-refractivity contribution in [2.75, 3.05) is 30.0 Å². The van der Waals surface area contributed by atoms with Crippen LogP contribution < -0.4 is 19.7 Å². The van der Waals surface area contributed by atoms with Crippen LogP contribution in [0.1, 0.15) is 12.0 Å². The molecule has 2 amide bonds. The summed E-state index contributed by atoms with van der Waals surface area (Å²) in [5, 5.41) is 8.20. The van der Waals surface area contributed by atoms with Crippen molar-refractivity contribution in [2.24, 2.45) is 5.92 Å². The molecule has 0 aliphatic carbocycles. The maximum atomic E-state index is 13.0. The van der Waals surface area contributed by atoms with E-state index in [0.29, 0.717) is 58.4 Å². The van der Waals surface area contributed by atoms with E-state index in [1.54, 1.807) is 58.2 Å². The summed E-state index contributed by atoms with van der Waals surface area (Å²) >= 11 is 12.5. The van der Waals surface area contributed by atoms with Crippen LogP contribution in [-0.2, 0) is 16.1 Å². The summed E-state index contributed by atoms with van der Waals surface area (Å²) in [5.74, 6) is 0.872. The number of nitrogens with zero attached hydrogens (tertiary/aromatic N) is 3. The van der Waals surface area contributed by atoms with E-state index in [1.807, 2.05) is 0 Å². The minimum Gasteiger partial charge on any atom is -0.486 e. The average Bonchev–Trinajstić information content (AvgIpc) is 3.42. The van der Waals surface area contributed by atoms with Crippen molar-refractivity contribution in [3.05, 3.63) is 64.3 Å². The number of carbonyl (C=O) groups excluding carboxylic acids is 2. The molecule has 1 N–H and O–H groups in total. The maximum Gasteiger partial charge on any atom is 0.230 e. The number of nitrogens with one attached hydrogen (secondary N) is 1. The van der Waals surface area contributed by atoms with Crippen molar-refractivity contribution in [3.63, 3.8) is 0 Å². The number of anilines is 2. The largest absolute Gasteiger partial charge is 0.486 e. The molecule has 2 aromatic carbocycles. The number of fused-ring (bicyclic) bond motifs is 1. The summed E-state index contributed by atoms with van der Waals surface area (Å²) in [6, 6.07) is 12.3. The third-order valence-electron chi connectivity index (χ3n) is 5.67. The van der Waals surface area contributed by atoms with E-state index in [4.69, 9.17) is 32.7 Å². The van der Waals surface area contributed by atoms with Crippen LogP contribution in [0.5, 0.6) is 11.5 Å². The molecule has 3 heterocycles. The van der Waals surface area contributed by atoms with Crippen LogP contribution >= 0.6 is 23.2 Å². The zero-order chi connectivity index (χ0) is 22.9. The van der Waals surface area contributed by atoms with E-state index < -0.39 is 5.92 Å². The van der Waals surface area contributed by atoms with Crippen molar-refractivity contribution in [1.82, 2.24) is 9.78 Å². The number of hydrogen-bond donors (Lipinski definition) is 1. The Hall–Kier alpha value is -3.23. The van der Waals surface area contributed by atoms with Gasteiger partial charge in [-0.25, -0.2) is 4.68 Å². The Bertz CT molecular complexity index is 1210. The number of amides is 2. The predicted octanol–water partition coefficient (Wildman–Crippen LogP) is 4.00. The molecule has 10 heteroatoms. The Morgan fingerprint density at radius 3 is 2.64 bits per heavy atom. The third-order valence-corrected chi connectivity index (χ3v) is 6.38. The van der Waals surface area contributed by atoms with Gasteiger partial charge in [0.25, 0.3) is 0 Å². The van der Waals surface area contributed by atoms with Crippen LogP contribution in [0, 0.1) is 5.92 Å². The van der Waals surface area contributed by atoms with Gasteiger partial charge in [0.1, 0.15) is 19.0 Å². The van der Waals surface area contributed by atoms with E-state index >= 15 is 0 Å². The van der Waals surface area contributed by atoms with E-state index in [0.717, 1.165) is 0 Å². The van der Waals surface area contributed by atoms with Crippen molar-refractivity contribution < 1.29 is 19.1 Å². The van der Waals surface area contributed by atoms with Crippen LogP contribution in [0.4, 0.5) is 11.5 Å². The number of carbonyl (C=O) groups is 2. The van der Waals surface area contributed by atoms with Crippen LogP contribution in [-0.4, -0.2) is 41.4 Å². The van der Waals surface area contributed by atoms with E-state index in [1.165, 1.54) is 0 Å². The molecule has 1 aromatic heterocycles. The van der Waals surface area contributed by atoms with Gasteiger partial charge in [-0.15, -0.1) is 0 Å². The van der Waals surface area contributed by atoms with E-state index in [9.17, 15) is 9.59 Å². The zero-order valence-electron chi connectivity index (χ0n) is 17.5. The van der Waals surface area contributed by atoms with Gasteiger partial charge in [0.15, 0.2) is 11.5 Å². The summed E-state index contributed by atoms with van der Waals surface area (Å²) in [6.07, 6.45) is 1.70. The molecular formula is C23H20Cl2N4O4. The highest BCUT2D eigenvalue weighted by atomic mass is 35.5. The summed E-state index contributed by atoms with van der Waals surface area (Å²) in [7, 11) is 0. The molecule has 1 fully saturated rings. The number of halogens is 2. The van der Waals surface area contributed by atoms with Crippen molar-refractivity contribution in [2.45, 2.75) is 13.0 Å². The van der Waals surface area contributed by atoms with Crippen LogP contribution in [0.15, 0.2) is 48.7 Å². The molecule has 3 aromatic rings. The minimum atomic E-state index is -0.502. The predicted molar refractivity (Wildman–Crippen MR) is 124 cm³/mol. The highest BCUT2D eigenvalue weighted by Gasteiger charge is 2.36. The Kier molecular flexibility index (Phi) is 5.86. The number of hydrogen-bond acceptors (Lipinski definition) is 5. The second kappa shape index (κ2) is 8.96. The minimum absolute atomic E-state index is 0.116. The smallest absolute Gasteiger partial charge is 0.230 e. The van der Waals surface area contributed by atoms with Gasteiger partial charge < -0.3 is 19.7 Å². The fourth-order valence-corrected chi connectivity index (χ4v) is 4.48. The normalized spacial score (nSPS) is 17.3. The van der Waals surface area contributed by atoms with Crippen molar-refractivity contribution in [3.8, 4) is 11.5 Å². The molecule has 2 aliphatic heterocycles. The van der Waals surface area contributed by atoms with Gasteiger partial charge >= 0.3 is 0 Å². The molecule has 1 saturated heterocycles. The zero-order valence-corrected chi connectivity index (χ0v) is 19.0. The fraction of sp³-hybridized carbons (Fsp3) is 0.261. The molecule has 170 valence electrons. The molecular weight excluding hydrogens is 467 g/mol. The second-order valence-electron chi connectivity index (χ2n) is 7.80. The Balaban J connectivity index is 1.28. The number of ether oxygens (including phenoxy) is 2. The number of benzene rings is 2. The van der Waals surface area contributed by atoms with Crippen LogP contribution in [0.25, 0.3) is 0 Å². The first kappa shape index (κ1) is 21.6. The second-order valence-corrected chi connectivity index (χ2v) is 8.61. The average molecular weight is 487 g/mol. The van der Waals surface area contributed by atoms with Crippen molar-refractivity contribution in [1.29, 1.82) is 0 Å². The number of aromatic nitrogens is 2. The molecule has 5 rings (SSSR count). The molecule has 0 spiro atoms. The fourth-order valence-electron chi connectivity index (χ4n) is 3.96. The SMILES string of the molecule is O=C(Nc1ccnn1Cc1c(Cl)cccc1Cl)C1CC(=O)N(c2ccc3c(c2)OCCO3)C1. The lowest BCUT2D eigenvalue weighted by Gasteiger charge is -2.22. The van der Waals surface area contributed by atoms with Gasteiger partial charge in [0.2, 0.25) is 11.8 Å². The number of rotatable bonds is 5. The summed E-state index contributed by atoms with van der Waals surface area (Å²) in [6.45, 7) is 1.53. The van der Waals surface area contributed by atoms with Crippen molar-refractivity contribution >= 4 is 46.5 Å². The molecule has 1 unspecified atom stereocenters. The molecule has 0 radical (unpaired) electrons. The lowest BCUT2D eigenvalue weighted by Crippen LogP contribution is -2.29. The first-order chi connectivity index (χ1) is 16.0. The monoisotopic (exact) mass is 486 g/mol. The van der Waals surface area contributed by atoms with Gasteiger partial charge in [0.05, 0.1) is 18.7 Å². The van der Waals surface area contributed by atoms with Crippen LogP contribution in [0.3, 0.4) is 0 Å². The highest BCUT2D eigenvalue weighted by molar-refractivity contribution is 6.36. The summed E-state index contributed by atoms with van der Waals surface area (Å²) < 4.78 is 12.8. The van der Waals surface area contributed by atoms with Gasteiger partial charge in [-0.1, -0.05) is 29.3 Å². The maximum absolute atomic E-state index is 13.0. The molecule has 8 nitrogen and oxygen atoms in total. The Morgan fingerprint density at radius 2 is 1.85 bits per heavy atom. The molecule has 33 heavy (non-hydrogen) atoms. The molecule has 0 saturated carbocycles. The Labute approximate surface area is 200 Å². The highest BCUT2D eigenvalue weighted by Crippen LogP contribution is 2.36. The standard InChI is InChI=1S/C23H20Cl2N4O4/c24-17-2-1-3-18(25)16(17)13-29-21(6-7-26-29)27-23(31)14-10-22(30)28(12-14)15-4-5-19-20(11-15)33-9-8-32-19/h1-7,11,14H,8-10,12-13H2,(H,27,31). The lowest BCUT2D eigenvalue weighted by atomic mass is 10.1. The Morgan fingerprint density at radius 1 is 1.09 bits per heavy atom. The first-order valence-corrected chi connectivity index (χ1v) is 11.2. The van der Waals surface area contributed by atoms with E-state index in [2.05, 4.69) is 10.4 Å². The molecule has 2 aliphatic rings. The van der Waals surface area contributed by atoms with Gasteiger partial charge in [-0.2, -0.15) is 5.10 Å². The quantitative estimate of drug-likeness (QED) is 0.588. The van der Waals surface area contributed by atoms with Gasteiger partial charge in [-0.3, -0.25) is 9.59 Å². The topological polar surface area (TPSA) is 85.7 Å². The van der Waals surface area contributed by atoms with Gasteiger partial charge in [-0.05, 0) is 24.3 Å². The first-order valence-electron chi connectivity index (χ1n) is 10.4. The van der Waals surface area contributed by atoms with Crippen LogP contribution in [0.2, 0.25) is 10.0 Å². The summed E-state index contributed by atoms with van der Waals surface area (Å²) in [4.78, 5) is 27.2. The molecule has 1 atom stereocenters. The lowest BCUT2D eigenvalue weighted by molar-refractivity contribution is -0.122. The third kappa shape index (κ3) is 4.36. The van der Waals surface area contributed by atoms with Gasteiger partial charge in [0, 0.05) is 46.4 Å². The van der Waals surface area contributed by atoms with E-state index in [-0.39, 0.29) is 24.8 Å². The summed E-state index contributed by atoms with van der Waals surface area (Å²) in [5.41, 5.74) is 1.39. The molecule has 0 bridgehead atoms.